The molecule has 35 heavy (non-hydrogen) atoms. The molecule has 8 nitrogen and oxygen atoms in total. The first-order valence-corrected chi connectivity index (χ1v) is 11.2. The van der Waals surface area contributed by atoms with Crippen LogP contribution in [-0.4, -0.2) is 52.7 Å². The zero-order valence-electron chi connectivity index (χ0n) is 21.6. The van der Waals surface area contributed by atoms with Gasteiger partial charge in [-0.05, 0) is 43.3 Å². The quantitative estimate of drug-likeness (QED) is 0.481. The van der Waals surface area contributed by atoms with Crippen LogP contribution >= 0.6 is 11.6 Å². The summed E-state index contributed by atoms with van der Waals surface area (Å²) in [4.78, 5) is 22.3. The Morgan fingerprint density at radius 3 is 2.94 bits per heavy atom. The fourth-order valence-electron chi connectivity index (χ4n) is 4.52. The number of methoxy groups -OCH3 is 1. The molecular formula is C25H24ClFN4O4. The molecular weight excluding hydrogens is 475 g/mol. The van der Waals surface area contributed by atoms with Gasteiger partial charge in [0.05, 0.1) is 34.0 Å². The lowest BCUT2D eigenvalue weighted by atomic mass is 9.89. The summed E-state index contributed by atoms with van der Waals surface area (Å²) in [7, 11) is -2.77. The van der Waals surface area contributed by atoms with E-state index in [1.165, 1.54) is 42.2 Å². The van der Waals surface area contributed by atoms with Gasteiger partial charge in [0.15, 0.2) is 6.23 Å². The van der Waals surface area contributed by atoms with Crippen molar-refractivity contribution in [2.24, 2.45) is 4.99 Å². The number of nitrogens with one attached hydrogen (secondary N) is 2. The molecule has 10 heteroatoms. The standard InChI is InChI=1S/C25H24ClFN4O4/c1-25(13-34-2)24(33)30-20-12-29-22-18(8-9-28-22)21(20)31(25)23(32)17-7-6-16(11-19(17)26)35-15-5-3-4-14(27)10-15/h3-11,20,23,32H,12-13H2,1-2H3,(H,28,29)(H,30,33)/i2D3. The minimum atomic E-state index is -2.77. The number of piperazine rings is 1. The number of halogens is 2. The predicted octanol–water partition coefficient (Wildman–Crippen LogP) is 2.24. The maximum absolute atomic E-state index is 13.5. The van der Waals surface area contributed by atoms with Gasteiger partial charge < -0.3 is 29.8 Å². The van der Waals surface area contributed by atoms with Crippen molar-refractivity contribution in [2.75, 3.05) is 20.2 Å². The Morgan fingerprint density at radius 2 is 2.17 bits per heavy atom. The number of ether oxygens (including phenoxy) is 2. The lowest BCUT2D eigenvalue weighted by molar-refractivity contribution is -0.146. The van der Waals surface area contributed by atoms with Gasteiger partial charge in [-0.15, -0.1) is 0 Å². The van der Waals surface area contributed by atoms with Crippen LogP contribution in [0.4, 0.5) is 4.39 Å². The van der Waals surface area contributed by atoms with Crippen molar-refractivity contribution in [3.05, 3.63) is 81.8 Å². The first-order valence-electron chi connectivity index (χ1n) is 12.3. The summed E-state index contributed by atoms with van der Waals surface area (Å²) in [6, 6.07) is 11.3. The maximum Gasteiger partial charge on any atom is 0.248 e. The zero-order valence-corrected chi connectivity index (χ0v) is 19.3. The van der Waals surface area contributed by atoms with Crippen molar-refractivity contribution in [1.29, 1.82) is 0 Å². The lowest BCUT2D eigenvalue weighted by Crippen LogP contribution is -2.70. The summed E-state index contributed by atoms with van der Waals surface area (Å²) in [5.74, 6) is -0.430. The van der Waals surface area contributed by atoms with Gasteiger partial charge in [-0.2, -0.15) is 0 Å². The van der Waals surface area contributed by atoms with Crippen molar-refractivity contribution < 1.29 is 27.9 Å². The predicted molar refractivity (Wildman–Crippen MR) is 127 cm³/mol. The summed E-state index contributed by atoms with van der Waals surface area (Å²) in [6.07, 6.45) is 0.201. The summed E-state index contributed by atoms with van der Waals surface area (Å²) in [5, 5.41) is 15.4. The van der Waals surface area contributed by atoms with Gasteiger partial charge in [0.1, 0.15) is 28.3 Å². The molecule has 2 aliphatic heterocycles. The maximum atomic E-state index is 13.5. The highest BCUT2D eigenvalue weighted by Gasteiger charge is 2.51. The van der Waals surface area contributed by atoms with Crippen LogP contribution in [0.1, 0.15) is 22.8 Å². The van der Waals surface area contributed by atoms with E-state index in [4.69, 9.17) is 25.2 Å². The zero-order chi connectivity index (χ0) is 27.2. The highest BCUT2D eigenvalue weighted by molar-refractivity contribution is 6.31. The van der Waals surface area contributed by atoms with Crippen LogP contribution in [-0.2, 0) is 9.53 Å². The topological polar surface area (TPSA) is 99.2 Å². The van der Waals surface area contributed by atoms with E-state index in [-0.39, 0.29) is 22.9 Å². The van der Waals surface area contributed by atoms with Gasteiger partial charge in [-0.25, -0.2) is 4.39 Å². The number of aliphatic hydroxyl groups excluding tert-OH is 1. The minimum absolute atomic E-state index is 0.114. The first-order chi connectivity index (χ1) is 18.0. The number of amides is 1. The second-order valence-electron chi connectivity index (χ2n) is 8.54. The molecule has 0 radical (unpaired) electrons. The first kappa shape index (κ1) is 19.9. The second-order valence-corrected chi connectivity index (χ2v) is 8.95. The Morgan fingerprint density at radius 1 is 1.34 bits per heavy atom. The van der Waals surface area contributed by atoms with E-state index in [1.807, 2.05) is 0 Å². The average Bonchev–Trinajstić information content (AvgIpc) is 3.32. The Kier molecular flexibility index (Phi) is 5.10. The number of rotatable bonds is 6. The average molecular weight is 502 g/mol. The number of carbonyl (C=O) groups is 1. The third kappa shape index (κ3) is 4.05. The molecule has 2 aromatic carbocycles. The molecule has 1 amide bonds. The number of carbonyl (C=O) groups excluding carboxylic acids is 1. The monoisotopic (exact) mass is 501 g/mol. The molecule has 3 heterocycles. The van der Waals surface area contributed by atoms with E-state index in [0.29, 0.717) is 22.2 Å². The summed E-state index contributed by atoms with van der Waals surface area (Å²) in [6.45, 7) is 1.16. The SMILES string of the molecule is [2H]C([2H])([2H])OCC1(C)C(=O)NC2CN=c3[nH]ccc3=C2N1C(O)c1ccc(Oc2cccc(F)c2)cc1Cl. The Labute approximate surface area is 209 Å². The summed E-state index contributed by atoms with van der Waals surface area (Å²) >= 11 is 6.58. The number of hydrogen-bond donors (Lipinski definition) is 3. The van der Waals surface area contributed by atoms with E-state index in [9.17, 15) is 14.3 Å². The van der Waals surface area contributed by atoms with E-state index < -0.39 is 43.2 Å². The van der Waals surface area contributed by atoms with Crippen LogP contribution in [0.15, 0.2) is 59.7 Å². The number of H-pyrrole nitrogens is 1. The van der Waals surface area contributed by atoms with Crippen molar-refractivity contribution >= 4 is 23.2 Å². The molecule has 0 spiro atoms. The molecule has 1 fully saturated rings. The fraction of sp³-hybridized carbons (Fsp3) is 0.280. The Bertz CT molecular complexity index is 1510. The molecule has 1 saturated heterocycles. The van der Waals surface area contributed by atoms with Crippen LogP contribution in [0.5, 0.6) is 11.5 Å². The van der Waals surface area contributed by atoms with Crippen molar-refractivity contribution in [1.82, 2.24) is 15.2 Å². The largest absolute Gasteiger partial charge is 0.457 e. The molecule has 0 aliphatic carbocycles. The van der Waals surface area contributed by atoms with Gasteiger partial charge in [0, 0.05) is 30.1 Å². The molecule has 182 valence electrons. The second kappa shape index (κ2) is 8.99. The van der Waals surface area contributed by atoms with Crippen molar-refractivity contribution in [3.63, 3.8) is 0 Å². The normalized spacial score (nSPS) is 23.7. The Hall–Kier alpha value is -3.40. The molecule has 0 saturated carbocycles. The number of aromatic amines is 1. The number of benzene rings is 2. The number of aromatic nitrogens is 1. The highest BCUT2D eigenvalue weighted by Crippen LogP contribution is 2.40. The molecule has 3 unspecified atom stereocenters. The number of hydrogen-bond acceptors (Lipinski definition) is 6. The summed E-state index contributed by atoms with van der Waals surface area (Å²) < 4.78 is 46.8. The van der Waals surface area contributed by atoms with Crippen LogP contribution < -0.4 is 20.8 Å². The van der Waals surface area contributed by atoms with Gasteiger partial charge in [0.25, 0.3) is 0 Å². The number of nitrogens with zero attached hydrogens (tertiary/aromatic N) is 2. The smallest absolute Gasteiger partial charge is 0.248 e. The molecule has 2 aliphatic rings. The van der Waals surface area contributed by atoms with Crippen molar-refractivity contribution in [2.45, 2.75) is 24.7 Å². The van der Waals surface area contributed by atoms with Crippen LogP contribution in [0.2, 0.25) is 5.02 Å². The van der Waals surface area contributed by atoms with E-state index in [0.717, 1.165) is 0 Å². The molecule has 0 bridgehead atoms. The molecule has 3 atom stereocenters. The molecule has 3 N–H and O–H groups in total. The van der Waals surface area contributed by atoms with Crippen LogP contribution in [0, 0.1) is 5.82 Å². The molecule has 5 rings (SSSR count). The minimum Gasteiger partial charge on any atom is -0.457 e. The number of fused-ring (bicyclic) bond motifs is 2. The summed E-state index contributed by atoms with van der Waals surface area (Å²) in [5.41, 5.74) is -0.297. The molecule has 1 aromatic heterocycles. The lowest BCUT2D eigenvalue weighted by Gasteiger charge is -2.51. The van der Waals surface area contributed by atoms with Crippen molar-refractivity contribution in [3.8, 4) is 11.5 Å². The Balaban J connectivity index is 1.58. The number of aliphatic hydroxyl groups is 1. The van der Waals surface area contributed by atoms with Gasteiger partial charge >= 0.3 is 0 Å². The third-order valence-corrected chi connectivity index (χ3v) is 6.56. The van der Waals surface area contributed by atoms with Gasteiger partial charge in [0.2, 0.25) is 5.91 Å². The molecule has 3 aromatic rings. The third-order valence-electron chi connectivity index (χ3n) is 6.23. The van der Waals surface area contributed by atoms with Crippen LogP contribution in [0.25, 0.3) is 5.70 Å². The van der Waals surface area contributed by atoms with E-state index in [1.54, 1.807) is 24.4 Å². The highest BCUT2D eigenvalue weighted by atomic mass is 35.5. The van der Waals surface area contributed by atoms with E-state index >= 15 is 0 Å². The fourth-order valence-corrected chi connectivity index (χ4v) is 4.79. The van der Waals surface area contributed by atoms with Crippen LogP contribution in [0.3, 0.4) is 0 Å². The van der Waals surface area contributed by atoms with Gasteiger partial charge in [-0.3, -0.25) is 9.79 Å². The van der Waals surface area contributed by atoms with E-state index in [2.05, 4.69) is 15.3 Å². The van der Waals surface area contributed by atoms with Gasteiger partial charge in [-0.1, -0.05) is 17.7 Å².